The zero-order valence-electron chi connectivity index (χ0n) is 14.7. The van der Waals surface area contributed by atoms with E-state index < -0.39 is 0 Å². The van der Waals surface area contributed by atoms with Gasteiger partial charge in [-0.1, -0.05) is 12.1 Å². The molecule has 25 heavy (non-hydrogen) atoms. The predicted molar refractivity (Wildman–Crippen MR) is 96.1 cm³/mol. The van der Waals surface area contributed by atoms with Crippen LogP contribution in [-0.4, -0.2) is 33.7 Å². The van der Waals surface area contributed by atoms with Gasteiger partial charge >= 0.3 is 0 Å². The molecule has 2 aromatic heterocycles. The van der Waals surface area contributed by atoms with Crippen molar-refractivity contribution in [3.05, 3.63) is 59.0 Å². The molecule has 6 nitrogen and oxygen atoms in total. The van der Waals surface area contributed by atoms with Gasteiger partial charge in [0.1, 0.15) is 11.3 Å². The lowest BCUT2D eigenvalue weighted by Crippen LogP contribution is -2.25. The molecule has 130 valence electrons. The Kier molecular flexibility index (Phi) is 4.97. The molecule has 0 radical (unpaired) electrons. The summed E-state index contributed by atoms with van der Waals surface area (Å²) in [6.07, 6.45) is 2.29. The number of amides is 1. The number of carbonyl (C=O) groups excluding carboxylic acids is 1. The number of hydrogen-bond donors (Lipinski definition) is 1. The van der Waals surface area contributed by atoms with Crippen LogP contribution in [0.1, 0.15) is 33.7 Å². The molecule has 6 heteroatoms. The number of rotatable bonds is 6. The Bertz CT molecular complexity index is 902. The minimum atomic E-state index is -0.164. The molecule has 0 saturated heterocycles. The second-order valence-electron chi connectivity index (χ2n) is 6.11. The van der Waals surface area contributed by atoms with Crippen molar-refractivity contribution in [1.29, 1.82) is 0 Å². The minimum Gasteiger partial charge on any atom is -0.494 e. The summed E-state index contributed by atoms with van der Waals surface area (Å²) < 4.78 is 7.36. The predicted octanol–water partition coefficient (Wildman–Crippen LogP) is 2.85. The van der Waals surface area contributed by atoms with Gasteiger partial charge in [0.15, 0.2) is 5.65 Å². The highest BCUT2D eigenvalue weighted by atomic mass is 16.5. The number of fused-ring (bicyclic) bond motifs is 1. The standard InChI is InChI=1S/C19H22N4O2/c1-13-6-4-7-16(10-13)25-9-5-8-20-19(24)17-12-21-23-15(3)11-14(2)22-18(17)23/h4,6-7,10-12H,5,8-9H2,1-3H3,(H,20,24). The normalized spacial score (nSPS) is 10.8. The van der Waals surface area contributed by atoms with Gasteiger partial charge < -0.3 is 10.1 Å². The summed E-state index contributed by atoms with van der Waals surface area (Å²) in [5.74, 6) is 0.687. The summed E-state index contributed by atoms with van der Waals surface area (Å²) in [5, 5.41) is 7.14. The van der Waals surface area contributed by atoms with E-state index in [1.54, 1.807) is 10.7 Å². The number of hydrogen-bond acceptors (Lipinski definition) is 4. The minimum absolute atomic E-state index is 0.164. The van der Waals surface area contributed by atoms with Crippen molar-refractivity contribution < 1.29 is 9.53 Å². The van der Waals surface area contributed by atoms with E-state index in [4.69, 9.17) is 4.74 Å². The van der Waals surface area contributed by atoms with E-state index in [2.05, 4.69) is 15.4 Å². The van der Waals surface area contributed by atoms with Gasteiger partial charge in [-0.15, -0.1) is 0 Å². The second-order valence-corrected chi connectivity index (χ2v) is 6.11. The van der Waals surface area contributed by atoms with E-state index in [0.29, 0.717) is 24.4 Å². The number of nitrogens with one attached hydrogen (secondary N) is 1. The molecule has 2 heterocycles. The first kappa shape index (κ1) is 17.0. The van der Waals surface area contributed by atoms with Crippen molar-refractivity contribution in [3.8, 4) is 5.75 Å². The van der Waals surface area contributed by atoms with Crippen LogP contribution in [0, 0.1) is 20.8 Å². The molecule has 0 saturated carbocycles. The quantitative estimate of drug-likeness (QED) is 0.702. The number of carbonyl (C=O) groups is 1. The molecule has 0 atom stereocenters. The van der Waals surface area contributed by atoms with Crippen molar-refractivity contribution in [2.75, 3.05) is 13.2 Å². The summed E-state index contributed by atoms with van der Waals surface area (Å²) >= 11 is 0. The lowest BCUT2D eigenvalue weighted by Gasteiger charge is -2.08. The van der Waals surface area contributed by atoms with Crippen LogP contribution in [0.25, 0.3) is 5.65 Å². The Labute approximate surface area is 146 Å². The van der Waals surface area contributed by atoms with Crippen molar-refractivity contribution in [2.45, 2.75) is 27.2 Å². The highest BCUT2D eigenvalue weighted by Gasteiger charge is 2.14. The van der Waals surface area contributed by atoms with Crippen molar-refractivity contribution in [1.82, 2.24) is 19.9 Å². The van der Waals surface area contributed by atoms with Crippen LogP contribution in [0.15, 0.2) is 36.5 Å². The molecular weight excluding hydrogens is 316 g/mol. The second kappa shape index (κ2) is 7.34. The first-order valence-corrected chi connectivity index (χ1v) is 8.34. The van der Waals surface area contributed by atoms with Gasteiger partial charge in [0.05, 0.1) is 12.8 Å². The van der Waals surface area contributed by atoms with Crippen LogP contribution in [0.5, 0.6) is 5.75 Å². The molecule has 3 rings (SSSR count). The van der Waals surface area contributed by atoms with E-state index in [-0.39, 0.29) is 5.91 Å². The average molecular weight is 338 g/mol. The Hall–Kier alpha value is -2.89. The number of aromatic nitrogens is 3. The van der Waals surface area contributed by atoms with Gasteiger partial charge in [0.25, 0.3) is 5.91 Å². The highest BCUT2D eigenvalue weighted by molar-refractivity contribution is 5.99. The Balaban J connectivity index is 1.53. The highest BCUT2D eigenvalue weighted by Crippen LogP contribution is 2.13. The van der Waals surface area contributed by atoms with Gasteiger partial charge in [-0.3, -0.25) is 4.79 Å². The molecule has 1 aromatic carbocycles. The first-order valence-electron chi connectivity index (χ1n) is 8.34. The topological polar surface area (TPSA) is 68.5 Å². The van der Waals surface area contributed by atoms with Crippen LogP contribution < -0.4 is 10.1 Å². The fourth-order valence-corrected chi connectivity index (χ4v) is 2.70. The summed E-state index contributed by atoms with van der Waals surface area (Å²) in [6, 6.07) is 9.86. The molecule has 1 N–H and O–H groups in total. The SMILES string of the molecule is Cc1cccc(OCCCNC(=O)c2cnn3c(C)cc(C)nc23)c1. The smallest absolute Gasteiger partial charge is 0.256 e. The fourth-order valence-electron chi connectivity index (χ4n) is 2.70. The summed E-state index contributed by atoms with van der Waals surface area (Å²) in [7, 11) is 0. The van der Waals surface area contributed by atoms with Crippen molar-refractivity contribution >= 4 is 11.6 Å². The molecule has 0 aliphatic heterocycles. The third-order valence-electron chi connectivity index (χ3n) is 3.89. The Morgan fingerprint density at radius 3 is 2.88 bits per heavy atom. The van der Waals surface area contributed by atoms with E-state index >= 15 is 0 Å². The summed E-state index contributed by atoms with van der Waals surface area (Å²) in [6.45, 7) is 6.96. The largest absolute Gasteiger partial charge is 0.494 e. The number of aryl methyl sites for hydroxylation is 3. The maximum Gasteiger partial charge on any atom is 0.256 e. The summed E-state index contributed by atoms with van der Waals surface area (Å²) in [5.41, 5.74) is 4.06. The first-order chi connectivity index (χ1) is 12.0. The molecule has 0 spiro atoms. The number of ether oxygens (including phenoxy) is 1. The maximum atomic E-state index is 12.4. The van der Waals surface area contributed by atoms with E-state index in [0.717, 1.165) is 29.1 Å². The monoisotopic (exact) mass is 338 g/mol. The van der Waals surface area contributed by atoms with Crippen LogP contribution in [0.2, 0.25) is 0 Å². The Morgan fingerprint density at radius 1 is 1.24 bits per heavy atom. The molecule has 3 aromatic rings. The molecule has 0 aliphatic rings. The molecule has 1 amide bonds. The third kappa shape index (κ3) is 3.96. The molecule has 0 bridgehead atoms. The van der Waals surface area contributed by atoms with Gasteiger partial charge in [-0.05, 0) is 51.0 Å². The van der Waals surface area contributed by atoms with Crippen molar-refractivity contribution in [3.63, 3.8) is 0 Å². The van der Waals surface area contributed by atoms with Gasteiger partial charge in [-0.25, -0.2) is 9.50 Å². The number of nitrogens with zero attached hydrogens (tertiary/aromatic N) is 3. The molecule has 0 fully saturated rings. The van der Waals surface area contributed by atoms with Crippen LogP contribution in [0.3, 0.4) is 0 Å². The van der Waals surface area contributed by atoms with E-state index in [1.165, 1.54) is 0 Å². The molecule has 0 aliphatic carbocycles. The fraction of sp³-hybridized carbons (Fsp3) is 0.316. The maximum absolute atomic E-state index is 12.4. The lowest BCUT2D eigenvalue weighted by molar-refractivity contribution is 0.0953. The average Bonchev–Trinajstić information content (AvgIpc) is 2.98. The zero-order chi connectivity index (χ0) is 17.8. The van der Waals surface area contributed by atoms with Gasteiger partial charge in [0, 0.05) is 17.9 Å². The zero-order valence-corrected chi connectivity index (χ0v) is 14.7. The van der Waals surface area contributed by atoms with Crippen LogP contribution >= 0.6 is 0 Å². The van der Waals surface area contributed by atoms with Gasteiger partial charge in [-0.2, -0.15) is 5.10 Å². The molecule has 0 unspecified atom stereocenters. The molecular formula is C19H22N4O2. The van der Waals surface area contributed by atoms with Crippen molar-refractivity contribution in [2.24, 2.45) is 0 Å². The summed E-state index contributed by atoms with van der Waals surface area (Å²) in [4.78, 5) is 16.8. The van der Waals surface area contributed by atoms with Crippen LogP contribution in [0.4, 0.5) is 0 Å². The Morgan fingerprint density at radius 2 is 2.08 bits per heavy atom. The van der Waals surface area contributed by atoms with Gasteiger partial charge in [0.2, 0.25) is 0 Å². The number of benzene rings is 1. The van der Waals surface area contributed by atoms with E-state index in [9.17, 15) is 4.79 Å². The van der Waals surface area contributed by atoms with E-state index in [1.807, 2.05) is 51.1 Å². The van der Waals surface area contributed by atoms with Crippen LogP contribution in [-0.2, 0) is 0 Å². The lowest BCUT2D eigenvalue weighted by atomic mass is 10.2. The third-order valence-corrected chi connectivity index (χ3v) is 3.89.